The molecule has 1 N–H and O–H groups in total. The molecule has 0 spiro atoms. The largest absolute Gasteiger partial charge is 0.508 e. The number of carbonyl (C=O) groups is 1. The summed E-state index contributed by atoms with van der Waals surface area (Å²) in [7, 11) is 0. The number of hydrogen-bond donors (Lipinski definition) is 1. The van der Waals surface area contributed by atoms with Gasteiger partial charge in [-0.05, 0) is 12.8 Å². The molecular formula is C11H12Cl2O3. The fraction of sp³-hybridized carbons (Fsp3) is 0.364. The maximum atomic E-state index is 10.1. The third kappa shape index (κ3) is 3.91. The van der Waals surface area contributed by atoms with Crippen LogP contribution in [-0.2, 0) is 4.79 Å². The zero-order valence-electron chi connectivity index (χ0n) is 8.58. The molecule has 0 unspecified atom stereocenters. The summed E-state index contributed by atoms with van der Waals surface area (Å²) in [6.07, 6.45) is 2.93. The molecule has 16 heavy (non-hydrogen) atoms. The second-order valence-electron chi connectivity index (χ2n) is 3.25. The standard InChI is InChI=1S/C11H12Cl2O3/c12-9-6-8(15)7-10(13)11(9)16-5-3-1-2-4-14/h4,6-7,15H,1-3,5H2. The number of aromatic hydroxyl groups is 1. The topological polar surface area (TPSA) is 46.5 Å². The van der Waals surface area contributed by atoms with Crippen LogP contribution in [0.25, 0.3) is 0 Å². The maximum absolute atomic E-state index is 10.1. The summed E-state index contributed by atoms with van der Waals surface area (Å²) < 4.78 is 5.38. The normalized spacial score (nSPS) is 10.1. The zero-order chi connectivity index (χ0) is 12.0. The molecule has 0 aromatic heterocycles. The molecule has 88 valence electrons. The van der Waals surface area contributed by atoms with E-state index in [1.165, 1.54) is 12.1 Å². The third-order valence-corrected chi connectivity index (χ3v) is 2.51. The van der Waals surface area contributed by atoms with E-state index >= 15 is 0 Å². The van der Waals surface area contributed by atoms with Crippen LogP contribution in [0.15, 0.2) is 12.1 Å². The van der Waals surface area contributed by atoms with Gasteiger partial charge in [-0.2, -0.15) is 0 Å². The van der Waals surface area contributed by atoms with Crippen LogP contribution in [-0.4, -0.2) is 18.0 Å². The quantitative estimate of drug-likeness (QED) is 0.631. The van der Waals surface area contributed by atoms with Crippen LogP contribution in [0, 0.1) is 0 Å². The summed E-state index contributed by atoms with van der Waals surface area (Å²) in [4.78, 5) is 10.1. The van der Waals surface area contributed by atoms with Crippen molar-refractivity contribution in [3.05, 3.63) is 22.2 Å². The molecule has 0 aliphatic rings. The number of benzene rings is 1. The summed E-state index contributed by atoms with van der Waals surface area (Å²) in [5.41, 5.74) is 0. The van der Waals surface area contributed by atoms with Crippen LogP contribution >= 0.6 is 23.2 Å². The van der Waals surface area contributed by atoms with Crippen molar-refractivity contribution in [1.82, 2.24) is 0 Å². The van der Waals surface area contributed by atoms with Gasteiger partial charge >= 0.3 is 0 Å². The maximum Gasteiger partial charge on any atom is 0.156 e. The van der Waals surface area contributed by atoms with Crippen LogP contribution in [0.5, 0.6) is 11.5 Å². The summed E-state index contributed by atoms with van der Waals surface area (Å²) in [5, 5.41) is 9.75. The Morgan fingerprint density at radius 1 is 1.25 bits per heavy atom. The lowest BCUT2D eigenvalue weighted by Gasteiger charge is -2.09. The van der Waals surface area contributed by atoms with Crippen molar-refractivity contribution >= 4 is 29.5 Å². The van der Waals surface area contributed by atoms with E-state index in [9.17, 15) is 9.90 Å². The van der Waals surface area contributed by atoms with Crippen molar-refractivity contribution in [2.45, 2.75) is 19.3 Å². The van der Waals surface area contributed by atoms with Gasteiger partial charge in [-0.1, -0.05) is 23.2 Å². The zero-order valence-corrected chi connectivity index (χ0v) is 10.1. The molecular weight excluding hydrogens is 251 g/mol. The molecule has 0 atom stereocenters. The highest BCUT2D eigenvalue weighted by molar-refractivity contribution is 6.37. The molecule has 0 amide bonds. The second kappa shape index (κ2) is 6.61. The third-order valence-electron chi connectivity index (χ3n) is 1.95. The van der Waals surface area contributed by atoms with Crippen LogP contribution in [0.3, 0.4) is 0 Å². The van der Waals surface area contributed by atoms with Crippen molar-refractivity contribution in [3.63, 3.8) is 0 Å². The lowest BCUT2D eigenvalue weighted by molar-refractivity contribution is -0.107. The van der Waals surface area contributed by atoms with Crippen molar-refractivity contribution in [3.8, 4) is 11.5 Å². The second-order valence-corrected chi connectivity index (χ2v) is 4.06. The molecule has 5 heteroatoms. The molecule has 0 aliphatic carbocycles. The Morgan fingerprint density at radius 2 is 1.88 bits per heavy atom. The van der Waals surface area contributed by atoms with Crippen molar-refractivity contribution in [2.75, 3.05) is 6.61 Å². The lowest BCUT2D eigenvalue weighted by Crippen LogP contribution is -1.98. The average molecular weight is 263 g/mol. The molecule has 0 aliphatic heterocycles. The average Bonchev–Trinajstić information content (AvgIpc) is 2.20. The fourth-order valence-corrected chi connectivity index (χ4v) is 1.77. The van der Waals surface area contributed by atoms with E-state index in [2.05, 4.69) is 0 Å². The lowest BCUT2D eigenvalue weighted by atomic mass is 10.2. The highest BCUT2D eigenvalue weighted by atomic mass is 35.5. The fourth-order valence-electron chi connectivity index (χ4n) is 1.19. The van der Waals surface area contributed by atoms with Gasteiger partial charge in [-0.3, -0.25) is 0 Å². The van der Waals surface area contributed by atoms with Gasteiger partial charge in [0.05, 0.1) is 16.7 Å². The van der Waals surface area contributed by atoms with Gasteiger partial charge in [0.25, 0.3) is 0 Å². The Hall–Kier alpha value is -0.930. The predicted molar refractivity (Wildman–Crippen MR) is 63.5 cm³/mol. The Balaban J connectivity index is 2.50. The minimum Gasteiger partial charge on any atom is -0.508 e. The van der Waals surface area contributed by atoms with Crippen molar-refractivity contribution in [2.24, 2.45) is 0 Å². The molecule has 0 fully saturated rings. The van der Waals surface area contributed by atoms with Crippen molar-refractivity contribution < 1.29 is 14.6 Å². The SMILES string of the molecule is O=CCCCCOc1c(Cl)cc(O)cc1Cl. The molecule has 0 saturated heterocycles. The van der Waals surface area contributed by atoms with E-state index in [1.807, 2.05) is 0 Å². The summed E-state index contributed by atoms with van der Waals surface area (Å²) in [6.45, 7) is 0.443. The molecule has 3 nitrogen and oxygen atoms in total. The van der Waals surface area contributed by atoms with Gasteiger partial charge < -0.3 is 14.6 Å². The van der Waals surface area contributed by atoms with Crippen LogP contribution in [0.4, 0.5) is 0 Å². The van der Waals surface area contributed by atoms with E-state index in [0.29, 0.717) is 18.8 Å². The molecule has 1 rings (SSSR count). The number of unbranched alkanes of at least 4 members (excludes halogenated alkanes) is 2. The Kier molecular flexibility index (Phi) is 5.43. The number of hydrogen-bond acceptors (Lipinski definition) is 3. The van der Waals surface area contributed by atoms with E-state index in [-0.39, 0.29) is 15.8 Å². The van der Waals surface area contributed by atoms with E-state index in [0.717, 1.165) is 19.1 Å². The molecule has 0 saturated carbocycles. The van der Waals surface area contributed by atoms with E-state index in [4.69, 9.17) is 27.9 Å². The highest BCUT2D eigenvalue weighted by Crippen LogP contribution is 2.36. The number of phenolic OH excluding ortho intramolecular Hbond substituents is 1. The number of aldehydes is 1. The number of phenols is 1. The molecule has 1 aromatic carbocycles. The molecule has 0 heterocycles. The Labute approximate surface area is 104 Å². The summed E-state index contributed by atoms with van der Waals surface area (Å²) >= 11 is 11.7. The Morgan fingerprint density at radius 3 is 2.44 bits per heavy atom. The van der Waals surface area contributed by atoms with Crippen LogP contribution in [0.2, 0.25) is 10.0 Å². The summed E-state index contributed by atoms with van der Waals surface area (Å²) in [5.74, 6) is 0.371. The molecule has 1 aromatic rings. The predicted octanol–water partition coefficient (Wildman–Crippen LogP) is 3.45. The monoisotopic (exact) mass is 262 g/mol. The van der Waals surface area contributed by atoms with Gasteiger partial charge in [0.2, 0.25) is 0 Å². The first-order valence-corrected chi connectivity index (χ1v) is 5.65. The smallest absolute Gasteiger partial charge is 0.156 e. The number of carbonyl (C=O) groups excluding carboxylic acids is 1. The van der Waals surface area contributed by atoms with Crippen LogP contribution < -0.4 is 4.74 Å². The van der Waals surface area contributed by atoms with Gasteiger partial charge in [0.15, 0.2) is 5.75 Å². The van der Waals surface area contributed by atoms with E-state index in [1.54, 1.807) is 0 Å². The number of halogens is 2. The number of ether oxygens (including phenoxy) is 1. The van der Waals surface area contributed by atoms with Gasteiger partial charge in [-0.25, -0.2) is 0 Å². The Bertz CT molecular complexity index is 343. The van der Waals surface area contributed by atoms with E-state index < -0.39 is 0 Å². The van der Waals surface area contributed by atoms with Crippen LogP contribution in [0.1, 0.15) is 19.3 Å². The van der Waals surface area contributed by atoms with Gasteiger partial charge in [-0.15, -0.1) is 0 Å². The minimum absolute atomic E-state index is 0.00306. The first-order chi connectivity index (χ1) is 7.65. The first kappa shape index (κ1) is 13.1. The number of rotatable bonds is 6. The minimum atomic E-state index is 0.00306. The van der Waals surface area contributed by atoms with Crippen molar-refractivity contribution in [1.29, 1.82) is 0 Å². The summed E-state index contributed by atoms with van der Waals surface area (Å²) in [6, 6.07) is 2.74. The first-order valence-electron chi connectivity index (χ1n) is 4.89. The molecule has 0 radical (unpaired) electrons. The van der Waals surface area contributed by atoms with Gasteiger partial charge in [0.1, 0.15) is 12.0 Å². The molecule has 0 bridgehead atoms. The van der Waals surface area contributed by atoms with Gasteiger partial charge in [0, 0.05) is 18.6 Å². The highest BCUT2D eigenvalue weighted by Gasteiger charge is 2.08.